The van der Waals surface area contributed by atoms with Crippen molar-refractivity contribution in [3.05, 3.63) is 95.9 Å². The third-order valence-electron chi connectivity index (χ3n) is 4.47. The Morgan fingerprint density at radius 2 is 1.83 bits per heavy atom. The molecule has 0 saturated heterocycles. The number of anilines is 1. The summed E-state index contributed by atoms with van der Waals surface area (Å²) in [6.45, 7) is 3.84. The van der Waals surface area contributed by atoms with E-state index in [1.165, 1.54) is 0 Å². The minimum Gasteiger partial charge on any atom is -0.455 e. The maximum Gasteiger partial charge on any atom is 0.259 e. The van der Waals surface area contributed by atoms with Crippen LogP contribution in [-0.2, 0) is 0 Å². The van der Waals surface area contributed by atoms with Crippen LogP contribution in [0.4, 0.5) is 5.69 Å². The Labute approximate surface area is 168 Å². The number of hydrogen-bond acceptors (Lipinski definition) is 4. The van der Waals surface area contributed by atoms with Crippen LogP contribution < -0.4 is 10.1 Å². The van der Waals surface area contributed by atoms with E-state index in [0.29, 0.717) is 34.3 Å². The number of carbonyl (C=O) groups is 1. The molecule has 0 bridgehead atoms. The van der Waals surface area contributed by atoms with Gasteiger partial charge in [-0.25, -0.2) is 9.67 Å². The Kier molecular flexibility index (Phi) is 5.07. The molecule has 0 spiro atoms. The highest BCUT2D eigenvalue weighted by atomic mass is 16.5. The molecule has 1 N–H and O–H groups in total. The van der Waals surface area contributed by atoms with Crippen molar-refractivity contribution in [2.24, 2.45) is 0 Å². The Balaban J connectivity index is 1.58. The van der Waals surface area contributed by atoms with E-state index in [4.69, 9.17) is 4.74 Å². The molecule has 2 aromatic carbocycles. The number of pyridine rings is 1. The molecule has 2 aromatic heterocycles. The predicted molar refractivity (Wildman–Crippen MR) is 112 cm³/mol. The highest BCUT2D eigenvalue weighted by Gasteiger charge is 2.17. The molecule has 0 fully saturated rings. The van der Waals surface area contributed by atoms with Crippen molar-refractivity contribution in [3.63, 3.8) is 0 Å². The van der Waals surface area contributed by atoms with E-state index >= 15 is 0 Å². The van der Waals surface area contributed by atoms with Crippen molar-refractivity contribution in [1.29, 1.82) is 0 Å². The standard InChI is InChI=1S/C23H20N4O2/c1-16-8-7-9-18(14-16)29-21-11-4-3-10-20(21)26-23(28)19-15-25-27(17(19)2)22-12-5-6-13-24-22/h3-15H,1-2H3,(H,26,28). The lowest BCUT2D eigenvalue weighted by Gasteiger charge is -2.12. The van der Waals surface area contributed by atoms with Crippen LogP contribution in [0.2, 0.25) is 0 Å². The maximum atomic E-state index is 12.9. The molecule has 6 heteroatoms. The summed E-state index contributed by atoms with van der Waals surface area (Å²) < 4.78 is 7.63. The molecule has 4 rings (SSSR count). The minimum absolute atomic E-state index is 0.259. The Bertz CT molecular complexity index is 1150. The highest BCUT2D eigenvalue weighted by molar-refractivity contribution is 6.05. The molecule has 0 saturated carbocycles. The molecule has 29 heavy (non-hydrogen) atoms. The average Bonchev–Trinajstić information content (AvgIpc) is 3.12. The van der Waals surface area contributed by atoms with Crippen molar-refractivity contribution in [1.82, 2.24) is 14.8 Å². The third kappa shape index (κ3) is 4.01. The highest BCUT2D eigenvalue weighted by Crippen LogP contribution is 2.30. The topological polar surface area (TPSA) is 69.0 Å². The number of ether oxygens (including phenoxy) is 1. The Hall–Kier alpha value is -3.93. The van der Waals surface area contributed by atoms with Crippen molar-refractivity contribution in [2.45, 2.75) is 13.8 Å². The zero-order valence-electron chi connectivity index (χ0n) is 16.2. The second kappa shape index (κ2) is 7.98. The zero-order chi connectivity index (χ0) is 20.2. The molecule has 4 aromatic rings. The number of amides is 1. The summed E-state index contributed by atoms with van der Waals surface area (Å²) in [5.74, 6) is 1.68. The first-order valence-electron chi connectivity index (χ1n) is 9.23. The molecule has 6 nitrogen and oxygen atoms in total. The predicted octanol–water partition coefficient (Wildman–Crippen LogP) is 4.93. The second-order valence-corrected chi connectivity index (χ2v) is 6.61. The quantitative estimate of drug-likeness (QED) is 0.530. The summed E-state index contributed by atoms with van der Waals surface area (Å²) in [5.41, 5.74) is 2.87. The number of para-hydroxylation sites is 2. The largest absolute Gasteiger partial charge is 0.455 e. The van der Waals surface area contributed by atoms with Gasteiger partial charge < -0.3 is 10.1 Å². The molecule has 0 aliphatic rings. The Morgan fingerprint density at radius 3 is 2.62 bits per heavy atom. The van der Waals surface area contributed by atoms with E-state index in [9.17, 15) is 4.79 Å². The summed E-state index contributed by atoms with van der Waals surface area (Å²) in [6, 6.07) is 20.7. The number of hydrogen-bond donors (Lipinski definition) is 1. The number of benzene rings is 2. The zero-order valence-corrected chi connectivity index (χ0v) is 16.2. The third-order valence-corrected chi connectivity index (χ3v) is 4.47. The molecule has 0 aliphatic carbocycles. The van der Waals surface area contributed by atoms with Gasteiger partial charge in [-0.05, 0) is 55.8 Å². The van der Waals surface area contributed by atoms with Crippen molar-refractivity contribution < 1.29 is 9.53 Å². The first-order valence-corrected chi connectivity index (χ1v) is 9.23. The van der Waals surface area contributed by atoms with Gasteiger partial charge in [-0.1, -0.05) is 30.3 Å². The van der Waals surface area contributed by atoms with Gasteiger partial charge in [-0.15, -0.1) is 0 Å². The van der Waals surface area contributed by atoms with Gasteiger partial charge in [0.2, 0.25) is 0 Å². The molecule has 0 unspecified atom stereocenters. The summed E-state index contributed by atoms with van der Waals surface area (Å²) in [5, 5.41) is 7.24. The van der Waals surface area contributed by atoms with E-state index in [0.717, 1.165) is 5.56 Å². The Morgan fingerprint density at radius 1 is 1.00 bits per heavy atom. The number of nitrogens with one attached hydrogen (secondary N) is 1. The van der Waals surface area contributed by atoms with Crippen molar-refractivity contribution >= 4 is 11.6 Å². The first-order chi connectivity index (χ1) is 14.1. The number of rotatable bonds is 5. The molecule has 1 amide bonds. The lowest BCUT2D eigenvalue weighted by Crippen LogP contribution is -2.14. The fourth-order valence-corrected chi connectivity index (χ4v) is 3.00. The lowest BCUT2D eigenvalue weighted by molar-refractivity contribution is 0.102. The minimum atomic E-state index is -0.259. The van der Waals surface area contributed by atoms with Gasteiger partial charge in [-0.3, -0.25) is 4.79 Å². The summed E-state index contributed by atoms with van der Waals surface area (Å²) in [4.78, 5) is 17.2. The van der Waals surface area contributed by atoms with E-state index in [1.807, 2.05) is 80.6 Å². The van der Waals surface area contributed by atoms with Crippen LogP contribution in [-0.4, -0.2) is 20.7 Å². The van der Waals surface area contributed by atoms with Crippen molar-refractivity contribution in [2.75, 3.05) is 5.32 Å². The summed E-state index contributed by atoms with van der Waals surface area (Å²) in [6.07, 6.45) is 3.23. The van der Waals surface area contributed by atoms with Crippen LogP contribution in [0.1, 0.15) is 21.6 Å². The molecule has 2 heterocycles. The fourth-order valence-electron chi connectivity index (χ4n) is 3.00. The van der Waals surface area contributed by atoms with Gasteiger partial charge in [0.05, 0.1) is 23.1 Å². The monoisotopic (exact) mass is 384 g/mol. The van der Waals surface area contributed by atoms with E-state index in [2.05, 4.69) is 15.4 Å². The summed E-state index contributed by atoms with van der Waals surface area (Å²) in [7, 11) is 0. The molecule has 144 valence electrons. The van der Waals surface area contributed by atoms with Crippen LogP contribution in [0.25, 0.3) is 5.82 Å². The van der Waals surface area contributed by atoms with E-state index in [-0.39, 0.29) is 5.91 Å². The molecule has 0 radical (unpaired) electrons. The van der Waals surface area contributed by atoms with Gasteiger partial charge in [0.1, 0.15) is 5.75 Å². The molecule has 0 atom stereocenters. The van der Waals surface area contributed by atoms with Gasteiger partial charge >= 0.3 is 0 Å². The van der Waals surface area contributed by atoms with E-state index < -0.39 is 0 Å². The van der Waals surface area contributed by atoms with Gasteiger partial charge in [0.25, 0.3) is 5.91 Å². The number of aromatic nitrogens is 3. The number of carbonyl (C=O) groups excluding carboxylic acids is 1. The van der Waals surface area contributed by atoms with Gasteiger partial charge in [-0.2, -0.15) is 5.10 Å². The fraction of sp³-hybridized carbons (Fsp3) is 0.0870. The normalized spacial score (nSPS) is 10.6. The summed E-state index contributed by atoms with van der Waals surface area (Å²) >= 11 is 0. The molecular weight excluding hydrogens is 364 g/mol. The first kappa shape index (κ1) is 18.4. The van der Waals surface area contributed by atoms with Crippen LogP contribution >= 0.6 is 0 Å². The van der Waals surface area contributed by atoms with Crippen molar-refractivity contribution in [3.8, 4) is 17.3 Å². The second-order valence-electron chi connectivity index (χ2n) is 6.61. The van der Waals surface area contributed by atoms with Crippen LogP contribution in [0.15, 0.2) is 79.1 Å². The van der Waals surface area contributed by atoms with E-state index in [1.54, 1.807) is 17.1 Å². The number of aryl methyl sites for hydroxylation is 1. The SMILES string of the molecule is Cc1cccc(Oc2ccccc2NC(=O)c2cnn(-c3ccccn3)c2C)c1. The average molecular weight is 384 g/mol. The van der Waals surface area contributed by atoms with Crippen LogP contribution in [0.5, 0.6) is 11.5 Å². The maximum absolute atomic E-state index is 12.9. The number of nitrogens with zero attached hydrogens (tertiary/aromatic N) is 3. The van der Waals surface area contributed by atoms with Crippen LogP contribution in [0, 0.1) is 13.8 Å². The lowest BCUT2D eigenvalue weighted by atomic mass is 10.2. The molecular formula is C23H20N4O2. The van der Waals surface area contributed by atoms with Gasteiger partial charge in [0.15, 0.2) is 11.6 Å². The van der Waals surface area contributed by atoms with Crippen LogP contribution in [0.3, 0.4) is 0 Å². The smallest absolute Gasteiger partial charge is 0.259 e. The molecule has 0 aliphatic heterocycles. The van der Waals surface area contributed by atoms with Gasteiger partial charge in [0, 0.05) is 6.20 Å².